The van der Waals surface area contributed by atoms with Crippen molar-refractivity contribution in [3.63, 3.8) is 0 Å². The number of rotatable bonds is 16. The Balaban J connectivity index is 1.31. The number of carbonyl (C=O) groups excluding carboxylic acids is 5. The predicted molar refractivity (Wildman–Crippen MR) is 202 cm³/mol. The molecular formula is C38H46N6O13. The molecule has 0 aliphatic carbocycles. The molecule has 2 aliphatic heterocycles. The van der Waals surface area contributed by atoms with Crippen LogP contribution < -0.4 is 21.5 Å². The molecule has 0 spiro atoms. The molecule has 1 saturated heterocycles. The second-order valence-corrected chi connectivity index (χ2v) is 14.1. The number of aromatic nitrogens is 2. The second kappa shape index (κ2) is 18.7. The van der Waals surface area contributed by atoms with Gasteiger partial charge >= 0.3 is 30.1 Å². The van der Waals surface area contributed by atoms with Crippen LogP contribution in [0.4, 0.5) is 26.9 Å². The average Bonchev–Trinajstić information content (AvgIpc) is 3.72. The van der Waals surface area contributed by atoms with Crippen LogP contribution in [0, 0.1) is 23.7 Å². The van der Waals surface area contributed by atoms with Crippen LogP contribution in [0.2, 0.25) is 0 Å². The Morgan fingerprint density at radius 3 is 2.42 bits per heavy atom. The minimum atomic E-state index is -1.34. The fraction of sp³-hybridized carbons (Fsp3) is 0.474. The van der Waals surface area contributed by atoms with Gasteiger partial charge in [0.05, 0.1) is 36.5 Å². The quantitative estimate of drug-likeness (QED) is 0.0921. The summed E-state index contributed by atoms with van der Waals surface area (Å²) >= 11 is 0. The van der Waals surface area contributed by atoms with E-state index in [0.29, 0.717) is 11.8 Å². The molecule has 4 unspecified atom stereocenters. The van der Waals surface area contributed by atoms with Crippen molar-refractivity contribution in [2.45, 2.75) is 59.4 Å². The van der Waals surface area contributed by atoms with Gasteiger partial charge in [0.1, 0.15) is 43.4 Å². The summed E-state index contributed by atoms with van der Waals surface area (Å²) in [6.07, 6.45) is 1.50. The van der Waals surface area contributed by atoms with Crippen LogP contribution in [-0.4, -0.2) is 90.4 Å². The number of esters is 3. The number of alkyl carbamates (subject to hydrolysis) is 1. The smallest absolute Gasteiger partial charge is 0.414 e. The molecule has 306 valence electrons. The van der Waals surface area contributed by atoms with Crippen LogP contribution in [0.1, 0.15) is 46.6 Å². The maximum absolute atomic E-state index is 13.1. The number of hydrogen-bond acceptors (Lipinski definition) is 16. The Morgan fingerprint density at radius 2 is 1.75 bits per heavy atom. The lowest BCUT2D eigenvalue weighted by molar-refractivity contribution is -0.175. The van der Waals surface area contributed by atoms with E-state index in [2.05, 4.69) is 25.9 Å². The molecule has 2 aliphatic rings. The van der Waals surface area contributed by atoms with Crippen molar-refractivity contribution in [1.82, 2.24) is 14.9 Å². The van der Waals surface area contributed by atoms with Gasteiger partial charge in [0.2, 0.25) is 6.79 Å². The highest BCUT2D eigenvalue weighted by Crippen LogP contribution is 2.46. The summed E-state index contributed by atoms with van der Waals surface area (Å²) in [6.45, 7) is 6.61. The van der Waals surface area contributed by atoms with E-state index in [1.807, 2.05) is 13.0 Å². The molecule has 3 aromatic rings. The highest BCUT2D eigenvalue weighted by Gasteiger charge is 2.47. The van der Waals surface area contributed by atoms with Crippen LogP contribution in [0.15, 0.2) is 52.4 Å². The number of amides is 2. The van der Waals surface area contributed by atoms with E-state index in [9.17, 15) is 33.9 Å². The number of benzene rings is 1. The standard InChI is InChI=1S/C38H46N6O13/c1-21(2)30(43-37(51)53-16-24-9-7-6-8-10-24)35(49)55-20-56-36(50)41-27-13-28(46)42-31-29-26(27)14-44(32(29)40-19-39-31)38(23(5)11-12-57-38)18-54-34(48)25(15-45)17-52-33(47)22(3)4/h6-10,13-14,19,21-23,25,30,45H,11-12,15-18,20H2,1-5H3,(H,41,50)(H,43,51)(H,39,40,42,46). The van der Waals surface area contributed by atoms with E-state index in [1.165, 1.54) is 6.34 Å². The van der Waals surface area contributed by atoms with Crippen molar-refractivity contribution in [2.24, 2.45) is 28.7 Å². The van der Waals surface area contributed by atoms with Crippen LogP contribution >= 0.6 is 0 Å². The SMILES string of the molecule is CC(C)C(=O)OCC(CO)C(=O)OCC1(n2cc3c(NC(=O)OCOC(=O)C(NC(=O)OCc4ccccc4)C(C)C)cc(=O)nc4c3c2N=CN4)OCCC1C. The van der Waals surface area contributed by atoms with Crippen molar-refractivity contribution in [2.75, 3.05) is 43.9 Å². The molecule has 1 aromatic carbocycles. The van der Waals surface area contributed by atoms with Crippen molar-refractivity contribution >= 4 is 64.5 Å². The zero-order valence-electron chi connectivity index (χ0n) is 32.1. The lowest BCUT2D eigenvalue weighted by Crippen LogP contribution is -2.45. The summed E-state index contributed by atoms with van der Waals surface area (Å²) in [5.74, 6) is -4.12. The minimum absolute atomic E-state index is 0.0141. The van der Waals surface area contributed by atoms with Crippen LogP contribution in [0.25, 0.3) is 10.8 Å². The maximum Gasteiger partial charge on any atom is 0.414 e. The van der Waals surface area contributed by atoms with Gasteiger partial charge in [-0.3, -0.25) is 24.3 Å². The molecule has 4 heterocycles. The summed E-state index contributed by atoms with van der Waals surface area (Å²) in [6, 6.07) is 8.91. The fourth-order valence-electron chi connectivity index (χ4n) is 6.05. The Morgan fingerprint density at radius 1 is 1.00 bits per heavy atom. The third-order valence-electron chi connectivity index (χ3n) is 9.37. The maximum atomic E-state index is 13.1. The predicted octanol–water partition coefficient (Wildman–Crippen LogP) is 3.54. The Hall–Kier alpha value is -6.08. The van der Waals surface area contributed by atoms with Gasteiger partial charge < -0.3 is 44.2 Å². The van der Waals surface area contributed by atoms with Gasteiger partial charge in [-0.05, 0) is 17.9 Å². The fourth-order valence-corrected chi connectivity index (χ4v) is 6.05. The first-order chi connectivity index (χ1) is 27.2. The topological polar surface area (TPSA) is 244 Å². The number of anilines is 2. The van der Waals surface area contributed by atoms with Gasteiger partial charge in [-0.2, -0.15) is 4.98 Å². The normalized spacial score (nSPS) is 18.0. The largest absolute Gasteiger partial charge is 0.464 e. The van der Waals surface area contributed by atoms with E-state index < -0.39 is 78.6 Å². The highest BCUT2D eigenvalue weighted by molar-refractivity contribution is 6.12. The number of ether oxygens (including phenoxy) is 6. The molecule has 5 rings (SSSR count). The molecule has 4 N–H and O–H groups in total. The average molecular weight is 795 g/mol. The molecule has 19 heteroatoms. The van der Waals surface area contributed by atoms with Crippen molar-refractivity contribution in [3.05, 3.63) is 58.5 Å². The van der Waals surface area contributed by atoms with Crippen LogP contribution in [-0.2, 0) is 55.1 Å². The lowest BCUT2D eigenvalue weighted by Gasteiger charge is -2.35. The molecule has 4 atom stereocenters. The Kier molecular flexibility index (Phi) is 13.8. The van der Waals surface area contributed by atoms with Crippen molar-refractivity contribution in [1.29, 1.82) is 0 Å². The van der Waals surface area contributed by atoms with E-state index in [1.54, 1.807) is 62.7 Å². The second-order valence-electron chi connectivity index (χ2n) is 14.1. The van der Waals surface area contributed by atoms with E-state index in [0.717, 1.165) is 11.6 Å². The molecule has 0 radical (unpaired) electrons. The number of aliphatic hydroxyl groups excluding tert-OH is 1. The zero-order chi connectivity index (χ0) is 41.3. The van der Waals surface area contributed by atoms with Gasteiger partial charge in [0.25, 0.3) is 5.56 Å². The highest BCUT2D eigenvalue weighted by atomic mass is 16.7. The van der Waals surface area contributed by atoms with Crippen molar-refractivity contribution in [3.8, 4) is 0 Å². The number of nitrogens with zero attached hydrogens (tertiary/aromatic N) is 3. The molecule has 0 bridgehead atoms. The first kappa shape index (κ1) is 42.1. The minimum Gasteiger partial charge on any atom is -0.464 e. The summed E-state index contributed by atoms with van der Waals surface area (Å²) in [4.78, 5) is 84.9. The lowest BCUT2D eigenvalue weighted by atomic mass is 9.97. The Labute approximate surface area is 327 Å². The summed E-state index contributed by atoms with van der Waals surface area (Å²) < 4.78 is 34.2. The number of aliphatic imine (C=N–C) groups is 1. The number of aliphatic hydroxyl groups is 1. The summed E-state index contributed by atoms with van der Waals surface area (Å²) in [5, 5.41) is 18.3. The van der Waals surface area contributed by atoms with Crippen LogP contribution in [0.3, 0.4) is 0 Å². The third kappa shape index (κ3) is 10.0. The molecule has 1 fully saturated rings. The number of carbonyl (C=O) groups is 5. The van der Waals surface area contributed by atoms with Crippen molar-refractivity contribution < 1.29 is 57.5 Å². The Bertz CT molecular complexity index is 2050. The zero-order valence-corrected chi connectivity index (χ0v) is 32.1. The summed E-state index contributed by atoms with van der Waals surface area (Å²) in [7, 11) is 0. The molecule has 57 heavy (non-hydrogen) atoms. The molecular weight excluding hydrogens is 748 g/mol. The van der Waals surface area contributed by atoms with Crippen LogP contribution in [0.5, 0.6) is 0 Å². The van der Waals surface area contributed by atoms with Gasteiger partial charge in [0.15, 0.2) is 5.72 Å². The van der Waals surface area contributed by atoms with Gasteiger partial charge in [-0.25, -0.2) is 19.4 Å². The molecule has 0 saturated carbocycles. The number of hydrogen-bond donors (Lipinski definition) is 4. The molecule has 2 aromatic heterocycles. The molecule has 19 nitrogen and oxygen atoms in total. The first-order valence-electron chi connectivity index (χ1n) is 18.3. The number of nitrogens with one attached hydrogen (secondary N) is 3. The van der Waals surface area contributed by atoms with E-state index >= 15 is 0 Å². The molecule has 2 amide bonds. The van der Waals surface area contributed by atoms with E-state index in [4.69, 9.17) is 28.4 Å². The first-order valence-corrected chi connectivity index (χ1v) is 18.3. The van der Waals surface area contributed by atoms with Gasteiger partial charge in [0, 0.05) is 23.6 Å². The van der Waals surface area contributed by atoms with Gasteiger partial charge in [-0.1, -0.05) is 65.0 Å². The van der Waals surface area contributed by atoms with E-state index in [-0.39, 0.29) is 55.1 Å². The monoisotopic (exact) mass is 794 g/mol. The van der Waals surface area contributed by atoms with Gasteiger partial charge in [-0.15, -0.1) is 0 Å². The third-order valence-corrected chi connectivity index (χ3v) is 9.37. The summed E-state index contributed by atoms with van der Waals surface area (Å²) in [5.41, 5.74) is -1.36.